The Balaban J connectivity index is 2.15. The molecule has 1 aliphatic rings. The van der Waals surface area contributed by atoms with Crippen LogP contribution in [0.2, 0.25) is 0 Å². The minimum atomic E-state index is -0.399. The molecule has 5 heteroatoms. The van der Waals surface area contributed by atoms with Gasteiger partial charge in [-0.15, -0.1) is 0 Å². The third-order valence-electron chi connectivity index (χ3n) is 2.71. The van der Waals surface area contributed by atoms with Crippen LogP contribution >= 0.6 is 0 Å². The number of hydrogen-bond acceptors (Lipinski definition) is 4. The molecule has 0 atom stereocenters. The van der Waals surface area contributed by atoms with Crippen molar-refractivity contribution in [2.45, 2.75) is 31.7 Å². The van der Waals surface area contributed by atoms with Crippen LogP contribution in [0.25, 0.3) is 0 Å². The van der Waals surface area contributed by atoms with Crippen molar-refractivity contribution in [2.24, 2.45) is 0 Å². The number of hydrogen-bond donors (Lipinski definition) is 1. The first-order valence-electron chi connectivity index (χ1n) is 5.12. The van der Waals surface area contributed by atoms with Crippen molar-refractivity contribution >= 4 is 11.4 Å². The molecule has 1 heterocycles. The van der Waals surface area contributed by atoms with Crippen LogP contribution in [0, 0.1) is 10.1 Å². The van der Waals surface area contributed by atoms with Crippen molar-refractivity contribution in [3.63, 3.8) is 0 Å². The third-order valence-corrected chi connectivity index (χ3v) is 2.71. The van der Waals surface area contributed by atoms with Gasteiger partial charge >= 0.3 is 5.69 Å². The van der Waals surface area contributed by atoms with Gasteiger partial charge in [0.2, 0.25) is 0 Å². The van der Waals surface area contributed by atoms with E-state index in [1.54, 1.807) is 12.3 Å². The van der Waals surface area contributed by atoms with Crippen molar-refractivity contribution < 1.29 is 4.92 Å². The average Bonchev–Trinajstić information content (AvgIpc) is 2.71. The quantitative estimate of drug-likeness (QED) is 0.610. The molecule has 15 heavy (non-hydrogen) atoms. The second-order valence-electron chi connectivity index (χ2n) is 3.78. The standard InChI is InChI=1S/C10H13N3O2/c14-13(15)10-7-11-6-5-9(10)12-8-3-1-2-4-8/h5-8H,1-4H2,(H,11,12). The summed E-state index contributed by atoms with van der Waals surface area (Å²) in [5.41, 5.74) is 0.645. The summed E-state index contributed by atoms with van der Waals surface area (Å²) in [5.74, 6) is 0. The van der Waals surface area contributed by atoms with E-state index in [-0.39, 0.29) is 5.69 Å². The summed E-state index contributed by atoms with van der Waals surface area (Å²) in [7, 11) is 0. The molecule has 1 N–H and O–H groups in total. The highest BCUT2D eigenvalue weighted by atomic mass is 16.6. The summed E-state index contributed by atoms with van der Waals surface area (Å²) in [4.78, 5) is 14.1. The number of anilines is 1. The van der Waals surface area contributed by atoms with Gasteiger partial charge in [0.25, 0.3) is 0 Å². The van der Waals surface area contributed by atoms with E-state index in [0.717, 1.165) is 12.8 Å². The Morgan fingerprint density at radius 2 is 2.20 bits per heavy atom. The fraction of sp³-hybridized carbons (Fsp3) is 0.500. The molecule has 1 aromatic rings. The van der Waals surface area contributed by atoms with Crippen LogP contribution < -0.4 is 5.32 Å². The van der Waals surface area contributed by atoms with Crippen LogP contribution in [0.15, 0.2) is 18.5 Å². The molecule has 2 rings (SSSR count). The molecule has 5 nitrogen and oxygen atoms in total. The fourth-order valence-corrected chi connectivity index (χ4v) is 1.94. The lowest BCUT2D eigenvalue weighted by Crippen LogP contribution is -2.15. The van der Waals surface area contributed by atoms with Gasteiger partial charge in [0.15, 0.2) is 0 Å². The summed E-state index contributed by atoms with van der Waals surface area (Å²) in [6.07, 6.45) is 7.47. The maximum absolute atomic E-state index is 10.7. The third kappa shape index (κ3) is 2.23. The van der Waals surface area contributed by atoms with Gasteiger partial charge in [-0.05, 0) is 18.9 Å². The van der Waals surface area contributed by atoms with Gasteiger partial charge in [-0.25, -0.2) is 0 Å². The van der Waals surface area contributed by atoms with E-state index in [4.69, 9.17) is 0 Å². The highest BCUT2D eigenvalue weighted by Gasteiger charge is 2.19. The number of nitro groups is 1. The highest BCUT2D eigenvalue weighted by molar-refractivity contribution is 5.60. The monoisotopic (exact) mass is 207 g/mol. The van der Waals surface area contributed by atoms with Crippen molar-refractivity contribution in [3.05, 3.63) is 28.6 Å². The zero-order valence-electron chi connectivity index (χ0n) is 8.35. The molecule has 80 valence electrons. The molecule has 0 radical (unpaired) electrons. The summed E-state index contributed by atoms with van der Waals surface area (Å²) < 4.78 is 0. The van der Waals surface area contributed by atoms with Crippen molar-refractivity contribution in [3.8, 4) is 0 Å². The molecule has 0 aliphatic heterocycles. The molecule has 0 bridgehead atoms. The minimum absolute atomic E-state index is 0.0596. The number of aromatic nitrogens is 1. The largest absolute Gasteiger partial charge is 0.377 e. The maximum atomic E-state index is 10.7. The lowest BCUT2D eigenvalue weighted by atomic mass is 10.2. The van der Waals surface area contributed by atoms with Gasteiger partial charge < -0.3 is 5.32 Å². The summed E-state index contributed by atoms with van der Waals surface area (Å²) in [6, 6.07) is 2.04. The first-order valence-corrected chi connectivity index (χ1v) is 5.12. The number of nitrogens with one attached hydrogen (secondary N) is 1. The first kappa shape index (κ1) is 9.89. The van der Waals surface area contributed by atoms with E-state index in [9.17, 15) is 10.1 Å². The molecular weight excluding hydrogens is 194 g/mol. The molecule has 0 aromatic carbocycles. The molecule has 1 aromatic heterocycles. The van der Waals surface area contributed by atoms with Crippen molar-refractivity contribution in [1.29, 1.82) is 0 Å². The van der Waals surface area contributed by atoms with Gasteiger partial charge in [-0.2, -0.15) is 0 Å². The summed E-state index contributed by atoms with van der Waals surface area (Å²) in [5, 5.41) is 13.9. The Bertz CT molecular complexity index is 361. The number of pyridine rings is 1. The summed E-state index contributed by atoms with van der Waals surface area (Å²) >= 11 is 0. The van der Waals surface area contributed by atoms with Gasteiger partial charge in [-0.1, -0.05) is 12.8 Å². The van der Waals surface area contributed by atoms with Crippen LogP contribution in [0.4, 0.5) is 11.4 Å². The van der Waals surface area contributed by atoms with Crippen LogP contribution in [-0.4, -0.2) is 15.9 Å². The van der Waals surface area contributed by atoms with Crippen molar-refractivity contribution in [1.82, 2.24) is 4.98 Å². The average molecular weight is 207 g/mol. The van der Waals surface area contributed by atoms with Crippen molar-refractivity contribution in [2.75, 3.05) is 5.32 Å². The molecule has 1 aliphatic carbocycles. The Kier molecular flexibility index (Phi) is 2.80. The summed E-state index contributed by atoms with van der Waals surface area (Å²) in [6.45, 7) is 0. The lowest BCUT2D eigenvalue weighted by molar-refractivity contribution is -0.384. The van der Waals surface area contributed by atoms with Crippen LogP contribution in [0.3, 0.4) is 0 Å². The van der Waals surface area contributed by atoms with E-state index in [1.807, 2.05) is 0 Å². The molecule has 0 amide bonds. The molecule has 0 saturated heterocycles. The van der Waals surface area contributed by atoms with E-state index in [1.165, 1.54) is 19.0 Å². The van der Waals surface area contributed by atoms with E-state index < -0.39 is 4.92 Å². The van der Waals surface area contributed by atoms with E-state index >= 15 is 0 Å². The Labute approximate surface area is 87.7 Å². The zero-order chi connectivity index (χ0) is 10.7. The molecule has 0 spiro atoms. The topological polar surface area (TPSA) is 68.1 Å². The Morgan fingerprint density at radius 3 is 2.87 bits per heavy atom. The predicted molar refractivity (Wildman–Crippen MR) is 56.8 cm³/mol. The SMILES string of the molecule is O=[N+]([O-])c1cnccc1NC1CCCC1. The maximum Gasteiger partial charge on any atom is 0.310 e. The normalized spacial score (nSPS) is 16.5. The molecule has 1 fully saturated rings. The van der Waals surface area contributed by atoms with E-state index in [0.29, 0.717) is 11.7 Å². The van der Waals surface area contributed by atoms with E-state index in [2.05, 4.69) is 10.3 Å². The second kappa shape index (κ2) is 4.25. The Hall–Kier alpha value is -1.65. The Morgan fingerprint density at radius 1 is 1.47 bits per heavy atom. The van der Waals surface area contributed by atoms with Gasteiger partial charge in [0, 0.05) is 12.2 Å². The number of nitrogens with zero attached hydrogens (tertiary/aromatic N) is 2. The van der Waals surface area contributed by atoms with Crippen LogP contribution in [-0.2, 0) is 0 Å². The first-order chi connectivity index (χ1) is 7.27. The van der Waals surface area contributed by atoms with Crippen LogP contribution in [0.5, 0.6) is 0 Å². The van der Waals surface area contributed by atoms with Gasteiger partial charge in [0.1, 0.15) is 11.9 Å². The minimum Gasteiger partial charge on any atom is -0.377 e. The number of rotatable bonds is 3. The molecular formula is C10H13N3O2. The molecule has 0 unspecified atom stereocenters. The molecule has 1 saturated carbocycles. The fourth-order valence-electron chi connectivity index (χ4n) is 1.94. The van der Waals surface area contributed by atoms with Gasteiger partial charge in [-0.3, -0.25) is 15.1 Å². The zero-order valence-corrected chi connectivity index (χ0v) is 8.35. The lowest BCUT2D eigenvalue weighted by Gasteiger charge is -2.12. The highest BCUT2D eigenvalue weighted by Crippen LogP contribution is 2.27. The van der Waals surface area contributed by atoms with Crippen LogP contribution in [0.1, 0.15) is 25.7 Å². The predicted octanol–water partition coefficient (Wildman–Crippen LogP) is 2.34. The smallest absolute Gasteiger partial charge is 0.310 e. The second-order valence-corrected chi connectivity index (χ2v) is 3.78. The van der Waals surface area contributed by atoms with Gasteiger partial charge in [0.05, 0.1) is 4.92 Å².